The lowest BCUT2D eigenvalue weighted by molar-refractivity contribution is 0.119. The van der Waals surface area contributed by atoms with Gasteiger partial charge in [-0.1, -0.05) is 75.4 Å². The lowest BCUT2D eigenvalue weighted by Gasteiger charge is -2.11. The molecule has 0 radical (unpaired) electrons. The van der Waals surface area contributed by atoms with E-state index in [9.17, 15) is 0 Å². The molecule has 0 N–H and O–H groups in total. The Hall–Kier alpha value is -1.80. The molecule has 1 atom stereocenters. The summed E-state index contributed by atoms with van der Waals surface area (Å²) in [5, 5.41) is 0. The Labute approximate surface area is 153 Å². The first-order valence-electron chi connectivity index (χ1n) is 9.60. The maximum absolute atomic E-state index is 5.85. The summed E-state index contributed by atoms with van der Waals surface area (Å²) in [6.07, 6.45) is 7.88. The highest BCUT2D eigenvalue weighted by Gasteiger charge is 2.04. The van der Waals surface area contributed by atoms with Gasteiger partial charge in [0.05, 0.1) is 12.7 Å². The van der Waals surface area contributed by atoms with E-state index < -0.39 is 0 Å². The Morgan fingerprint density at radius 2 is 1.32 bits per heavy atom. The van der Waals surface area contributed by atoms with Crippen LogP contribution in [0.4, 0.5) is 0 Å². The monoisotopic (exact) mass is 340 g/mol. The van der Waals surface area contributed by atoms with Crippen LogP contribution in [-0.2, 0) is 4.74 Å². The highest BCUT2D eigenvalue weighted by molar-refractivity contribution is 5.64. The molecule has 2 rings (SSSR count). The van der Waals surface area contributed by atoms with Crippen molar-refractivity contribution in [2.24, 2.45) is 0 Å². The molecule has 0 bridgehead atoms. The largest absolute Gasteiger partial charge is 0.494 e. The smallest absolute Gasteiger partial charge is 0.119 e. The quantitative estimate of drug-likeness (QED) is 0.419. The third kappa shape index (κ3) is 6.55. The summed E-state index contributed by atoms with van der Waals surface area (Å²) < 4.78 is 11.2. The molecule has 0 heterocycles. The molecule has 0 spiro atoms. The molecule has 0 aliphatic heterocycles. The molecule has 136 valence electrons. The van der Waals surface area contributed by atoms with Crippen molar-refractivity contribution in [3.8, 4) is 16.9 Å². The van der Waals surface area contributed by atoms with Crippen LogP contribution >= 0.6 is 0 Å². The summed E-state index contributed by atoms with van der Waals surface area (Å²) in [7, 11) is 1.74. The molecule has 0 aromatic heterocycles. The van der Waals surface area contributed by atoms with E-state index in [1.54, 1.807) is 7.11 Å². The normalized spacial score (nSPS) is 12.1. The summed E-state index contributed by atoms with van der Waals surface area (Å²) in [6.45, 7) is 5.13. The third-order valence-corrected chi connectivity index (χ3v) is 4.69. The number of ether oxygens (including phenoxy) is 2. The first kappa shape index (κ1) is 19.5. The summed E-state index contributed by atoms with van der Waals surface area (Å²) in [4.78, 5) is 0. The molecule has 1 unspecified atom stereocenters. The van der Waals surface area contributed by atoms with Crippen molar-refractivity contribution in [1.29, 1.82) is 0 Å². The summed E-state index contributed by atoms with van der Waals surface area (Å²) >= 11 is 0. The van der Waals surface area contributed by atoms with E-state index >= 15 is 0 Å². The van der Waals surface area contributed by atoms with Crippen LogP contribution in [0.3, 0.4) is 0 Å². The lowest BCUT2D eigenvalue weighted by atomic mass is 10.0. The van der Waals surface area contributed by atoms with Gasteiger partial charge in [0.15, 0.2) is 0 Å². The number of hydrogen-bond donors (Lipinski definition) is 0. The van der Waals surface area contributed by atoms with E-state index in [1.165, 1.54) is 48.8 Å². The second-order valence-corrected chi connectivity index (χ2v) is 6.64. The van der Waals surface area contributed by atoms with Gasteiger partial charge in [-0.3, -0.25) is 0 Å². The number of methoxy groups -OCH3 is 1. The van der Waals surface area contributed by atoms with Crippen molar-refractivity contribution in [3.05, 3.63) is 54.1 Å². The Balaban J connectivity index is 1.79. The fourth-order valence-corrected chi connectivity index (χ4v) is 2.90. The zero-order chi connectivity index (χ0) is 17.9. The van der Waals surface area contributed by atoms with E-state index in [2.05, 4.69) is 62.4 Å². The van der Waals surface area contributed by atoms with Crippen LogP contribution in [0.5, 0.6) is 5.75 Å². The summed E-state index contributed by atoms with van der Waals surface area (Å²) in [6, 6.07) is 17.0. The van der Waals surface area contributed by atoms with E-state index in [4.69, 9.17) is 9.47 Å². The van der Waals surface area contributed by atoms with Crippen LogP contribution in [0.15, 0.2) is 48.5 Å². The highest BCUT2D eigenvalue weighted by Crippen LogP contribution is 2.25. The lowest BCUT2D eigenvalue weighted by Crippen LogP contribution is -1.97. The standard InChI is InChI=1S/C23H32O2/c1-4-5-6-7-8-9-18-25-23-16-14-22(15-17-23)21-12-10-20(11-13-21)19(2)24-3/h10-17,19H,4-9,18H2,1-3H3. The topological polar surface area (TPSA) is 18.5 Å². The van der Waals surface area contributed by atoms with Gasteiger partial charge in [-0.05, 0) is 42.2 Å². The minimum Gasteiger partial charge on any atom is -0.494 e. The van der Waals surface area contributed by atoms with Gasteiger partial charge in [0.2, 0.25) is 0 Å². The van der Waals surface area contributed by atoms with Crippen LogP contribution in [0, 0.1) is 0 Å². The molecule has 0 saturated heterocycles. The van der Waals surface area contributed by atoms with Crippen molar-refractivity contribution in [1.82, 2.24) is 0 Å². The van der Waals surface area contributed by atoms with Crippen LogP contribution in [-0.4, -0.2) is 13.7 Å². The third-order valence-electron chi connectivity index (χ3n) is 4.69. The van der Waals surface area contributed by atoms with Crippen molar-refractivity contribution in [2.75, 3.05) is 13.7 Å². The number of benzene rings is 2. The Morgan fingerprint density at radius 1 is 0.760 bits per heavy atom. The Morgan fingerprint density at radius 3 is 1.92 bits per heavy atom. The average molecular weight is 341 g/mol. The number of unbranched alkanes of at least 4 members (excludes halogenated alkanes) is 5. The second-order valence-electron chi connectivity index (χ2n) is 6.64. The zero-order valence-electron chi connectivity index (χ0n) is 16.0. The van der Waals surface area contributed by atoms with Crippen molar-refractivity contribution in [3.63, 3.8) is 0 Å². The number of rotatable bonds is 11. The van der Waals surface area contributed by atoms with Gasteiger partial charge in [0.1, 0.15) is 5.75 Å². The first-order chi connectivity index (χ1) is 12.2. The maximum atomic E-state index is 5.85. The summed E-state index contributed by atoms with van der Waals surface area (Å²) in [5.41, 5.74) is 3.63. The van der Waals surface area contributed by atoms with Gasteiger partial charge >= 0.3 is 0 Å². The van der Waals surface area contributed by atoms with Crippen molar-refractivity contribution in [2.45, 2.75) is 58.5 Å². The van der Waals surface area contributed by atoms with Crippen molar-refractivity contribution < 1.29 is 9.47 Å². The predicted molar refractivity (Wildman–Crippen MR) is 106 cm³/mol. The van der Waals surface area contributed by atoms with Gasteiger partial charge in [0.25, 0.3) is 0 Å². The van der Waals surface area contributed by atoms with E-state index in [0.29, 0.717) is 0 Å². The molecular formula is C23H32O2. The van der Waals surface area contributed by atoms with Gasteiger partial charge in [-0.15, -0.1) is 0 Å². The summed E-state index contributed by atoms with van der Waals surface area (Å²) in [5.74, 6) is 0.960. The second kappa shape index (κ2) is 10.9. The van der Waals surface area contributed by atoms with E-state index in [1.807, 2.05) is 0 Å². The van der Waals surface area contributed by atoms with E-state index in [-0.39, 0.29) is 6.10 Å². The van der Waals surface area contributed by atoms with Crippen molar-refractivity contribution >= 4 is 0 Å². The van der Waals surface area contributed by atoms with Crippen LogP contribution in [0.1, 0.15) is 64.0 Å². The molecule has 2 aromatic carbocycles. The molecular weight excluding hydrogens is 308 g/mol. The maximum Gasteiger partial charge on any atom is 0.119 e. The van der Waals surface area contributed by atoms with Gasteiger partial charge in [0, 0.05) is 7.11 Å². The fourth-order valence-electron chi connectivity index (χ4n) is 2.90. The Bertz CT molecular complexity index is 586. The van der Waals surface area contributed by atoms with E-state index in [0.717, 1.165) is 18.8 Å². The van der Waals surface area contributed by atoms with Crippen LogP contribution in [0.25, 0.3) is 11.1 Å². The molecule has 2 heteroatoms. The minimum atomic E-state index is 0.131. The first-order valence-corrected chi connectivity index (χ1v) is 9.60. The molecule has 0 fully saturated rings. The van der Waals surface area contributed by atoms with Gasteiger partial charge < -0.3 is 9.47 Å². The van der Waals surface area contributed by atoms with Gasteiger partial charge in [-0.25, -0.2) is 0 Å². The van der Waals surface area contributed by atoms with Crippen LogP contribution in [0.2, 0.25) is 0 Å². The van der Waals surface area contributed by atoms with Crippen LogP contribution < -0.4 is 4.74 Å². The molecule has 0 aliphatic rings. The zero-order valence-corrected chi connectivity index (χ0v) is 16.0. The molecule has 0 saturated carbocycles. The molecule has 2 aromatic rings. The number of hydrogen-bond acceptors (Lipinski definition) is 2. The average Bonchev–Trinajstić information content (AvgIpc) is 2.67. The highest BCUT2D eigenvalue weighted by atomic mass is 16.5. The SMILES string of the molecule is CCCCCCCCOc1ccc(-c2ccc(C(C)OC)cc2)cc1. The van der Waals surface area contributed by atoms with Gasteiger partial charge in [-0.2, -0.15) is 0 Å². The minimum absolute atomic E-state index is 0.131. The molecule has 0 aliphatic carbocycles. The molecule has 2 nitrogen and oxygen atoms in total. The fraction of sp³-hybridized carbons (Fsp3) is 0.478. The Kier molecular flexibility index (Phi) is 8.54. The molecule has 0 amide bonds. The molecule has 25 heavy (non-hydrogen) atoms. The predicted octanol–water partition coefficient (Wildman–Crippen LogP) is 6.80.